The number of aliphatic imine (C=N–C) groups is 1. The molecule has 0 radical (unpaired) electrons. The van der Waals surface area contributed by atoms with Gasteiger partial charge in [-0.25, -0.2) is 0 Å². The first kappa shape index (κ1) is 20.7. The van der Waals surface area contributed by atoms with Crippen LogP contribution in [0.4, 0.5) is 0 Å². The molecule has 0 spiro atoms. The van der Waals surface area contributed by atoms with E-state index >= 15 is 0 Å². The summed E-state index contributed by atoms with van der Waals surface area (Å²) in [4.78, 5) is 31.7. The number of nitrogens with one attached hydrogen (secondary N) is 2. The molecule has 148 valence electrons. The largest absolute Gasteiger partial charge is 0.359 e. The van der Waals surface area contributed by atoms with Gasteiger partial charge in [0, 0.05) is 59.8 Å². The van der Waals surface area contributed by atoms with Crippen molar-refractivity contribution in [3.05, 3.63) is 35.4 Å². The summed E-state index contributed by atoms with van der Waals surface area (Å²) in [6, 6.07) is 7.64. The molecule has 1 aromatic rings. The lowest BCUT2D eigenvalue weighted by Gasteiger charge is -2.34. The van der Waals surface area contributed by atoms with Crippen LogP contribution in [0.1, 0.15) is 35.2 Å². The van der Waals surface area contributed by atoms with Crippen molar-refractivity contribution in [3.63, 3.8) is 0 Å². The number of hydrogen-bond acceptors (Lipinski definition) is 3. The van der Waals surface area contributed by atoms with Gasteiger partial charge in [0.05, 0.1) is 0 Å². The quantitative estimate of drug-likeness (QED) is 0.603. The third-order valence-electron chi connectivity index (χ3n) is 4.94. The Hall–Kier alpha value is -2.57. The molecular weight excluding hydrogens is 342 g/mol. The first-order chi connectivity index (χ1) is 12.9. The highest BCUT2D eigenvalue weighted by Crippen LogP contribution is 2.20. The van der Waals surface area contributed by atoms with E-state index in [0.29, 0.717) is 24.4 Å². The Morgan fingerprint density at radius 3 is 2.33 bits per heavy atom. The molecule has 2 amide bonds. The van der Waals surface area contributed by atoms with Crippen LogP contribution in [0.3, 0.4) is 0 Å². The van der Waals surface area contributed by atoms with Gasteiger partial charge < -0.3 is 20.4 Å². The molecule has 27 heavy (non-hydrogen) atoms. The van der Waals surface area contributed by atoms with E-state index in [1.165, 1.54) is 0 Å². The summed E-state index contributed by atoms with van der Waals surface area (Å²) in [5, 5.41) is 6.10. The van der Waals surface area contributed by atoms with Crippen molar-refractivity contribution in [2.45, 2.75) is 25.8 Å². The lowest BCUT2D eigenvalue weighted by atomic mass is 9.93. The van der Waals surface area contributed by atoms with Gasteiger partial charge in [0.25, 0.3) is 5.91 Å². The number of likely N-dealkylation sites (tertiary alicyclic amines) is 1. The Balaban J connectivity index is 1.84. The summed E-state index contributed by atoms with van der Waals surface area (Å²) in [5.74, 6) is 1.44. The first-order valence-electron chi connectivity index (χ1n) is 9.41. The minimum Gasteiger partial charge on any atom is -0.359 e. The van der Waals surface area contributed by atoms with Crippen molar-refractivity contribution in [1.82, 2.24) is 20.4 Å². The number of hydrogen-bond donors (Lipinski definition) is 2. The third-order valence-corrected chi connectivity index (χ3v) is 4.94. The van der Waals surface area contributed by atoms with Crippen molar-refractivity contribution in [2.75, 3.05) is 41.3 Å². The molecule has 2 N–H and O–H groups in total. The highest BCUT2D eigenvalue weighted by Gasteiger charge is 2.23. The molecule has 7 heteroatoms. The van der Waals surface area contributed by atoms with Crippen LogP contribution >= 0.6 is 0 Å². The number of benzene rings is 1. The Labute approximate surface area is 161 Å². The van der Waals surface area contributed by atoms with Gasteiger partial charge in [-0.3, -0.25) is 14.6 Å². The Morgan fingerprint density at radius 2 is 1.81 bits per heavy atom. The van der Waals surface area contributed by atoms with Crippen molar-refractivity contribution < 1.29 is 9.59 Å². The highest BCUT2D eigenvalue weighted by atomic mass is 16.2. The van der Waals surface area contributed by atoms with Crippen molar-refractivity contribution in [2.24, 2.45) is 10.9 Å². The zero-order valence-corrected chi connectivity index (χ0v) is 16.8. The average molecular weight is 374 g/mol. The van der Waals surface area contributed by atoms with Gasteiger partial charge in [-0.2, -0.15) is 0 Å². The van der Waals surface area contributed by atoms with Crippen LogP contribution in [0.2, 0.25) is 0 Å². The fourth-order valence-electron chi connectivity index (χ4n) is 3.25. The Morgan fingerprint density at radius 1 is 1.19 bits per heavy atom. The summed E-state index contributed by atoms with van der Waals surface area (Å²) in [5.41, 5.74) is 1.78. The number of carbonyl (C=O) groups is 2. The first-order valence-corrected chi connectivity index (χ1v) is 9.41. The normalized spacial score (nSPS) is 15.4. The maximum atomic E-state index is 11.9. The predicted molar refractivity (Wildman–Crippen MR) is 108 cm³/mol. The number of nitrogens with zero attached hydrogens (tertiary/aromatic N) is 3. The van der Waals surface area contributed by atoms with Crippen molar-refractivity contribution in [1.29, 1.82) is 0 Å². The van der Waals surface area contributed by atoms with Gasteiger partial charge >= 0.3 is 0 Å². The van der Waals surface area contributed by atoms with E-state index in [2.05, 4.69) is 20.5 Å². The molecule has 0 unspecified atom stereocenters. The minimum absolute atomic E-state index is 0.00458. The van der Waals surface area contributed by atoms with E-state index in [0.717, 1.165) is 37.5 Å². The fourth-order valence-corrected chi connectivity index (χ4v) is 3.25. The second-order valence-corrected chi connectivity index (χ2v) is 7.10. The molecule has 0 saturated carbocycles. The second kappa shape index (κ2) is 9.94. The maximum Gasteiger partial charge on any atom is 0.253 e. The monoisotopic (exact) mass is 373 g/mol. The number of amides is 2. The third kappa shape index (κ3) is 5.98. The Bertz CT molecular complexity index is 661. The van der Waals surface area contributed by atoms with Crippen molar-refractivity contribution >= 4 is 17.8 Å². The zero-order chi connectivity index (χ0) is 19.8. The fraction of sp³-hybridized carbons (Fsp3) is 0.550. The predicted octanol–water partition coefficient (Wildman–Crippen LogP) is 1.31. The molecule has 2 rings (SSSR count). The SMILES string of the molecule is CN=C(NCc1ccc(C(=O)N(C)C)cc1)N1CCC(CC(=O)NC)CC1. The molecule has 1 fully saturated rings. The minimum atomic E-state index is 0.00458. The number of rotatable bonds is 5. The van der Waals surface area contributed by atoms with Crippen LogP contribution in [-0.4, -0.2) is 68.9 Å². The molecule has 7 nitrogen and oxygen atoms in total. The molecule has 1 aliphatic rings. The standard InChI is InChI=1S/C20H31N5O2/c1-21-18(26)13-15-9-11-25(12-10-15)20(22-2)23-14-16-5-7-17(8-6-16)19(27)24(3)4/h5-8,15H,9-14H2,1-4H3,(H,21,26)(H,22,23). The topological polar surface area (TPSA) is 77.0 Å². The summed E-state index contributed by atoms with van der Waals surface area (Å²) < 4.78 is 0. The lowest BCUT2D eigenvalue weighted by molar-refractivity contribution is -0.121. The van der Waals surface area contributed by atoms with E-state index in [1.807, 2.05) is 24.3 Å². The van der Waals surface area contributed by atoms with Crippen LogP contribution in [0.25, 0.3) is 0 Å². The molecular formula is C20H31N5O2. The summed E-state index contributed by atoms with van der Waals surface area (Å²) in [6.07, 6.45) is 2.60. The van der Waals surface area contributed by atoms with Gasteiger partial charge in [-0.15, -0.1) is 0 Å². The van der Waals surface area contributed by atoms with E-state index in [1.54, 1.807) is 33.1 Å². The van der Waals surface area contributed by atoms with Gasteiger partial charge in [0.15, 0.2) is 5.96 Å². The summed E-state index contributed by atoms with van der Waals surface area (Å²) in [6.45, 7) is 2.45. The molecule has 1 saturated heterocycles. The maximum absolute atomic E-state index is 11.9. The molecule has 0 atom stereocenters. The van der Waals surface area contributed by atoms with E-state index in [-0.39, 0.29) is 11.8 Å². The van der Waals surface area contributed by atoms with Gasteiger partial charge in [-0.05, 0) is 36.5 Å². The van der Waals surface area contributed by atoms with Crippen LogP contribution in [0, 0.1) is 5.92 Å². The Kier molecular flexibility index (Phi) is 7.64. The lowest BCUT2D eigenvalue weighted by Crippen LogP contribution is -2.45. The molecule has 0 bridgehead atoms. The van der Waals surface area contributed by atoms with Gasteiger partial charge in [0.2, 0.25) is 5.91 Å². The summed E-state index contributed by atoms with van der Waals surface area (Å²) >= 11 is 0. The second-order valence-electron chi connectivity index (χ2n) is 7.10. The van der Waals surface area contributed by atoms with Crippen molar-refractivity contribution in [3.8, 4) is 0 Å². The van der Waals surface area contributed by atoms with Crippen LogP contribution in [0.15, 0.2) is 29.3 Å². The molecule has 1 aromatic carbocycles. The van der Waals surface area contributed by atoms with Crippen LogP contribution in [0.5, 0.6) is 0 Å². The number of carbonyl (C=O) groups excluding carboxylic acids is 2. The summed E-state index contributed by atoms with van der Waals surface area (Å²) in [7, 11) is 6.98. The molecule has 0 aliphatic carbocycles. The molecule has 1 heterocycles. The average Bonchev–Trinajstić information content (AvgIpc) is 2.69. The molecule has 1 aliphatic heterocycles. The van der Waals surface area contributed by atoms with Gasteiger partial charge in [0.1, 0.15) is 0 Å². The van der Waals surface area contributed by atoms with E-state index in [9.17, 15) is 9.59 Å². The van der Waals surface area contributed by atoms with Crippen LogP contribution in [-0.2, 0) is 11.3 Å². The van der Waals surface area contributed by atoms with Crippen LogP contribution < -0.4 is 10.6 Å². The van der Waals surface area contributed by atoms with E-state index < -0.39 is 0 Å². The smallest absolute Gasteiger partial charge is 0.253 e. The molecule has 0 aromatic heterocycles. The van der Waals surface area contributed by atoms with E-state index in [4.69, 9.17) is 0 Å². The zero-order valence-electron chi connectivity index (χ0n) is 16.8. The highest BCUT2D eigenvalue weighted by molar-refractivity contribution is 5.93. The number of piperidine rings is 1. The number of guanidine groups is 1. The van der Waals surface area contributed by atoms with Gasteiger partial charge in [-0.1, -0.05) is 12.1 Å².